The Morgan fingerprint density at radius 2 is 2.33 bits per heavy atom. The van der Waals surface area contributed by atoms with Crippen molar-refractivity contribution in [1.82, 2.24) is 9.88 Å². The van der Waals surface area contributed by atoms with Gasteiger partial charge in [-0.2, -0.15) is 0 Å². The van der Waals surface area contributed by atoms with E-state index in [1.54, 1.807) is 0 Å². The Kier molecular flexibility index (Phi) is 3.69. The molecule has 114 valence electrons. The van der Waals surface area contributed by atoms with E-state index in [9.17, 15) is 0 Å². The average Bonchev–Trinajstić information content (AvgIpc) is 2.95. The second-order valence-electron chi connectivity index (χ2n) is 6.90. The smallest absolute Gasteiger partial charge is 0.0888 e. The Morgan fingerprint density at radius 1 is 1.38 bits per heavy atom. The molecule has 0 spiro atoms. The third-order valence-electron chi connectivity index (χ3n) is 5.50. The lowest BCUT2D eigenvalue weighted by atomic mass is 9.82. The van der Waals surface area contributed by atoms with Crippen molar-refractivity contribution in [3.05, 3.63) is 30.1 Å². The highest BCUT2D eigenvalue weighted by Crippen LogP contribution is 2.44. The van der Waals surface area contributed by atoms with Crippen molar-refractivity contribution >= 4 is 0 Å². The van der Waals surface area contributed by atoms with Crippen LogP contribution in [-0.2, 0) is 16.1 Å². The van der Waals surface area contributed by atoms with Crippen molar-refractivity contribution in [3.8, 4) is 0 Å². The summed E-state index contributed by atoms with van der Waals surface area (Å²) in [6.07, 6.45) is 6.01. The van der Waals surface area contributed by atoms with Gasteiger partial charge in [0.1, 0.15) is 0 Å². The standard InChI is InChI=1S/C17H24N2O2/c1-2-7-18-15(4-1)10-21-13-17-11-19(16-5-3-6-16)8-14(17)9-20-12-17/h1-2,4,7,14,16H,3,5-6,8-13H2/t14-,17+/m1/s1. The monoisotopic (exact) mass is 288 g/mol. The second kappa shape index (κ2) is 5.67. The molecular weight excluding hydrogens is 264 g/mol. The minimum absolute atomic E-state index is 0.227. The van der Waals surface area contributed by atoms with E-state index in [-0.39, 0.29) is 5.41 Å². The van der Waals surface area contributed by atoms with Gasteiger partial charge in [0.2, 0.25) is 0 Å². The SMILES string of the molecule is c1ccc(COC[C@]23COC[C@H]2CN(C2CCC2)C3)nc1. The Balaban J connectivity index is 1.36. The summed E-state index contributed by atoms with van der Waals surface area (Å²) in [4.78, 5) is 7.02. The molecule has 21 heavy (non-hydrogen) atoms. The Morgan fingerprint density at radius 3 is 3.10 bits per heavy atom. The van der Waals surface area contributed by atoms with Gasteiger partial charge in [0.05, 0.1) is 32.1 Å². The first kappa shape index (κ1) is 13.7. The maximum absolute atomic E-state index is 6.02. The van der Waals surface area contributed by atoms with E-state index in [4.69, 9.17) is 9.47 Å². The summed E-state index contributed by atoms with van der Waals surface area (Å²) >= 11 is 0. The lowest BCUT2D eigenvalue weighted by molar-refractivity contribution is 0.0111. The van der Waals surface area contributed by atoms with E-state index in [1.165, 1.54) is 25.8 Å². The lowest BCUT2D eigenvalue weighted by Crippen LogP contribution is -2.41. The predicted molar refractivity (Wildman–Crippen MR) is 79.8 cm³/mol. The van der Waals surface area contributed by atoms with Gasteiger partial charge in [0.25, 0.3) is 0 Å². The number of ether oxygens (including phenoxy) is 2. The molecule has 4 nitrogen and oxygen atoms in total. The van der Waals surface area contributed by atoms with Gasteiger partial charge in [-0.1, -0.05) is 12.5 Å². The van der Waals surface area contributed by atoms with Crippen molar-refractivity contribution in [3.63, 3.8) is 0 Å². The highest BCUT2D eigenvalue weighted by molar-refractivity contribution is 5.04. The molecule has 3 fully saturated rings. The van der Waals surface area contributed by atoms with Gasteiger partial charge in [0.15, 0.2) is 0 Å². The Hall–Kier alpha value is -0.970. The first-order valence-corrected chi connectivity index (χ1v) is 8.15. The molecule has 3 aliphatic rings. The van der Waals surface area contributed by atoms with E-state index in [1.807, 2.05) is 24.4 Å². The van der Waals surface area contributed by atoms with Gasteiger partial charge in [-0.15, -0.1) is 0 Å². The average molecular weight is 288 g/mol. The largest absolute Gasteiger partial charge is 0.380 e. The molecule has 0 amide bonds. The molecule has 1 aliphatic carbocycles. The van der Waals surface area contributed by atoms with Crippen molar-refractivity contribution < 1.29 is 9.47 Å². The maximum atomic E-state index is 6.02. The van der Waals surface area contributed by atoms with Crippen LogP contribution in [0.1, 0.15) is 25.0 Å². The Bertz CT molecular complexity index is 477. The van der Waals surface area contributed by atoms with Gasteiger partial charge in [0, 0.05) is 36.7 Å². The molecule has 1 aromatic heterocycles. The van der Waals surface area contributed by atoms with E-state index in [2.05, 4.69) is 9.88 Å². The van der Waals surface area contributed by atoms with Crippen molar-refractivity contribution in [2.45, 2.75) is 31.9 Å². The zero-order chi connectivity index (χ0) is 14.1. The number of pyridine rings is 1. The fourth-order valence-corrected chi connectivity index (χ4v) is 3.95. The fourth-order valence-electron chi connectivity index (χ4n) is 3.95. The molecule has 2 atom stereocenters. The van der Waals surface area contributed by atoms with Gasteiger partial charge >= 0.3 is 0 Å². The second-order valence-corrected chi connectivity index (χ2v) is 6.90. The molecule has 1 saturated carbocycles. The van der Waals surface area contributed by atoms with Crippen LogP contribution in [0, 0.1) is 11.3 Å². The molecule has 1 aromatic rings. The van der Waals surface area contributed by atoms with Crippen LogP contribution in [0.3, 0.4) is 0 Å². The van der Waals surface area contributed by atoms with Crippen LogP contribution >= 0.6 is 0 Å². The number of hydrogen-bond donors (Lipinski definition) is 0. The summed E-state index contributed by atoms with van der Waals surface area (Å²) in [7, 11) is 0. The summed E-state index contributed by atoms with van der Waals surface area (Å²) in [6.45, 7) is 5.55. The van der Waals surface area contributed by atoms with Crippen molar-refractivity contribution in [1.29, 1.82) is 0 Å². The highest BCUT2D eigenvalue weighted by Gasteiger charge is 2.52. The quantitative estimate of drug-likeness (QED) is 0.831. The van der Waals surface area contributed by atoms with Crippen LogP contribution in [0.4, 0.5) is 0 Å². The molecule has 4 rings (SSSR count). The molecule has 0 radical (unpaired) electrons. The summed E-state index contributed by atoms with van der Waals surface area (Å²) < 4.78 is 11.8. The van der Waals surface area contributed by atoms with Crippen LogP contribution in [-0.4, -0.2) is 48.8 Å². The summed E-state index contributed by atoms with van der Waals surface area (Å²) in [6, 6.07) is 6.81. The molecule has 2 aliphatic heterocycles. The number of nitrogens with zero attached hydrogens (tertiary/aromatic N) is 2. The van der Waals surface area contributed by atoms with Gasteiger partial charge in [-0.25, -0.2) is 0 Å². The molecular formula is C17H24N2O2. The zero-order valence-electron chi connectivity index (χ0n) is 12.5. The number of hydrogen-bond acceptors (Lipinski definition) is 4. The van der Waals surface area contributed by atoms with Crippen LogP contribution in [0.15, 0.2) is 24.4 Å². The molecule has 3 heterocycles. The molecule has 0 unspecified atom stereocenters. The van der Waals surface area contributed by atoms with Crippen molar-refractivity contribution in [2.75, 3.05) is 32.9 Å². The molecule has 2 saturated heterocycles. The van der Waals surface area contributed by atoms with Gasteiger partial charge in [-0.3, -0.25) is 9.88 Å². The third-order valence-corrected chi connectivity index (χ3v) is 5.50. The van der Waals surface area contributed by atoms with E-state index in [0.717, 1.165) is 38.1 Å². The Labute approximate surface area is 126 Å². The molecule has 0 aromatic carbocycles. The predicted octanol–water partition coefficient (Wildman–Crippen LogP) is 2.10. The summed E-state index contributed by atoms with van der Waals surface area (Å²) in [5.74, 6) is 0.654. The van der Waals surface area contributed by atoms with Crippen molar-refractivity contribution in [2.24, 2.45) is 11.3 Å². The minimum atomic E-state index is 0.227. The topological polar surface area (TPSA) is 34.6 Å². The van der Waals surface area contributed by atoms with E-state index < -0.39 is 0 Å². The van der Waals surface area contributed by atoms with Crippen LogP contribution in [0.25, 0.3) is 0 Å². The lowest BCUT2D eigenvalue weighted by Gasteiger charge is -2.36. The van der Waals surface area contributed by atoms with Crippen LogP contribution in [0.2, 0.25) is 0 Å². The first-order valence-electron chi connectivity index (χ1n) is 8.15. The third kappa shape index (κ3) is 2.60. The normalized spacial score (nSPS) is 33.0. The fraction of sp³-hybridized carbons (Fsp3) is 0.706. The van der Waals surface area contributed by atoms with Crippen LogP contribution in [0.5, 0.6) is 0 Å². The molecule has 0 N–H and O–H groups in total. The summed E-state index contributed by atoms with van der Waals surface area (Å²) in [5, 5.41) is 0. The number of aromatic nitrogens is 1. The van der Waals surface area contributed by atoms with Gasteiger partial charge < -0.3 is 9.47 Å². The zero-order valence-corrected chi connectivity index (χ0v) is 12.5. The molecule has 4 heteroatoms. The van der Waals surface area contributed by atoms with Gasteiger partial charge in [-0.05, 0) is 25.0 Å². The maximum Gasteiger partial charge on any atom is 0.0888 e. The molecule has 0 bridgehead atoms. The number of likely N-dealkylation sites (tertiary alicyclic amines) is 1. The number of rotatable bonds is 5. The highest BCUT2D eigenvalue weighted by atomic mass is 16.5. The summed E-state index contributed by atoms with van der Waals surface area (Å²) in [5.41, 5.74) is 1.24. The first-order chi connectivity index (χ1) is 10.4. The minimum Gasteiger partial charge on any atom is -0.380 e. The van der Waals surface area contributed by atoms with E-state index in [0.29, 0.717) is 12.5 Å². The van der Waals surface area contributed by atoms with E-state index >= 15 is 0 Å². The van der Waals surface area contributed by atoms with Crippen LogP contribution < -0.4 is 0 Å². The number of fused-ring (bicyclic) bond motifs is 1.